The number of carboxylic acids is 2. The van der Waals surface area contributed by atoms with E-state index in [1.807, 2.05) is 11.9 Å². The summed E-state index contributed by atoms with van der Waals surface area (Å²) in [5, 5.41) is 21.2. The fraction of sp³-hybridized carbons (Fsp3) is 0.476. The number of hydrogen-bond donors (Lipinski definition) is 4. The second-order valence-corrected chi connectivity index (χ2v) is 9.06. The lowest BCUT2D eigenvalue weighted by molar-refractivity contribution is -0.140. The molecule has 2 heterocycles. The van der Waals surface area contributed by atoms with E-state index in [1.54, 1.807) is 19.1 Å². The predicted molar refractivity (Wildman–Crippen MR) is 118 cm³/mol. The van der Waals surface area contributed by atoms with Crippen LogP contribution in [0.2, 0.25) is 0 Å². The van der Waals surface area contributed by atoms with Gasteiger partial charge in [0.25, 0.3) is 11.5 Å². The van der Waals surface area contributed by atoms with Gasteiger partial charge in [0.1, 0.15) is 11.9 Å². The minimum absolute atomic E-state index is 0.0779. The Balaban J connectivity index is 1.61. The summed E-state index contributed by atoms with van der Waals surface area (Å²) < 4.78 is 0. The third kappa shape index (κ3) is 5.72. The Labute approximate surface area is 188 Å². The zero-order chi connectivity index (χ0) is 23.4. The number of amides is 1. The van der Waals surface area contributed by atoms with Gasteiger partial charge in [0.2, 0.25) is 0 Å². The number of aromatic nitrogens is 2. The molecular weight excluding hydrogens is 436 g/mol. The van der Waals surface area contributed by atoms with Gasteiger partial charge in [-0.05, 0) is 50.7 Å². The smallest absolute Gasteiger partial charge is 0.326 e. The van der Waals surface area contributed by atoms with Crippen molar-refractivity contribution in [2.45, 2.75) is 45.1 Å². The molecule has 11 heteroatoms. The largest absolute Gasteiger partial charge is 0.481 e. The van der Waals surface area contributed by atoms with Gasteiger partial charge in [-0.15, -0.1) is 11.3 Å². The van der Waals surface area contributed by atoms with Crippen molar-refractivity contribution in [3.05, 3.63) is 44.4 Å². The summed E-state index contributed by atoms with van der Waals surface area (Å²) in [6.45, 7) is 2.47. The van der Waals surface area contributed by atoms with Crippen molar-refractivity contribution in [2.75, 3.05) is 18.5 Å². The highest BCUT2D eigenvalue weighted by molar-refractivity contribution is 7.18. The van der Waals surface area contributed by atoms with Gasteiger partial charge in [0.15, 0.2) is 0 Å². The highest BCUT2D eigenvalue weighted by Crippen LogP contribution is 2.29. The van der Waals surface area contributed by atoms with E-state index in [9.17, 15) is 24.3 Å². The van der Waals surface area contributed by atoms with Gasteiger partial charge in [0, 0.05) is 25.6 Å². The average Bonchev–Trinajstić information content (AvgIpc) is 3.21. The van der Waals surface area contributed by atoms with Gasteiger partial charge in [-0.3, -0.25) is 14.4 Å². The Morgan fingerprint density at radius 3 is 2.78 bits per heavy atom. The van der Waals surface area contributed by atoms with Crippen LogP contribution in [-0.4, -0.2) is 57.7 Å². The lowest BCUT2D eigenvalue weighted by Gasteiger charge is -2.28. The van der Waals surface area contributed by atoms with Crippen molar-refractivity contribution < 1.29 is 24.6 Å². The summed E-state index contributed by atoms with van der Waals surface area (Å²) in [5.41, 5.74) is 1.54. The minimum Gasteiger partial charge on any atom is -0.481 e. The van der Waals surface area contributed by atoms with Crippen molar-refractivity contribution in [1.82, 2.24) is 15.3 Å². The molecule has 10 nitrogen and oxygen atoms in total. The number of hydrogen-bond acceptors (Lipinski definition) is 7. The number of rotatable bonds is 9. The number of carbonyl (C=O) groups excluding carboxylic acids is 1. The van der Waals surface area contributed by atoms with Gasteiger partial charge >= 0.3 is 11.9 Å². The SMILES string of the molecule is Cc1nc2c(c(=O)[nH]1)CC(CN(C)c1ccc(C(=O)N[C@@H](CCC(=O)O)C(=O)O)s1)CC2. The molecule has 4 N–H and O–H groups in total. The van der Waals surface area contributed by atoms with Crippen LogP contribution >= 0.6 is 11.3 Å². The number of aromatic amines is 1. The maximum Gasteiger partial charge on any atom is 0.326 e. The molecule has 0 aromatic carbocycles. The zero-order valence-electron chi connectivity index (χ0n) is 17.9. The van der Waals surface area contributed by atoms with Crippen LogP contribution in [0.5, 0.6) is 0 Å². The first kappa shape index (κ1) is 23.5. The van der Waals surface area contributed by atoms with Crippen LogP contribution in [0, 0.1) is 12.8 Å². The van der Waals surface area contributed by atoms with Crippen LogP contribution in [-0.2, 0) is 22.4 Å². The highest BCUT2D eigenvalue weighted by Gasteiger charge is 2.25. The molecule has 0 radical (unpaired) electrons. The van der Waals surface area contributed by atoms with Crippen molar-refractivity contribution in [3.63, 3.8) is 0 Å². The number of aryl methyl sites for hydroxylation is 2. The van der Waals surface area contributed by atoms with E-state index < -0.39 is 23.9 Å². The van der Waals surface area contributed by atoms with Crippen molar-refractivity contribution in [3.8, 4) is 0 Å². The summed E-state index contributed by atoms with van der Waals surface area (Å²) in [7, 11) is 1.91. The van der Waals surface area contributed by atoms with Gasteiger partial charge in [0.05, 0.1) is 15.6 Å². The number of H-pyrrole nitrogens is 1. The molecular formula is C21H26N4O6S. The van der Waals surface area contributed by atoms with E-state index in [4.69, 9.17) is 5.11 Å². The van der Waals surface area contributed by atoms with E-state index in [1.165, 1.54) is 11.3 Å². The third-order valence-corrected chi connectivity index (χ3v) is 6.67. The lowest BCUT2D eigenvalue weighted by Crippen LogP contribution is -2.40. The van der Waals surface area contributed by atoms with Crippen molar-refractivity contribution >= 4 is 34.2 Å². The molecule has 2 atom stereocenters. The molecule has 1 aliphatic rings. The molecule has 1 amide bonds. The highest BCUT2D eigenvalue weighted by atomic mass is 32.1. The number of anilines is 1. The maximum absolute atomic E-state index is 12.5. The molecule has 1 aliphatic carbocycles. The normalized spacial score (nSPS) is 16.1. The number of aliphatic carboxylic acids is 2. The van der Waals surface area contributed by atoms with E-state index in [0.717, 1.165) is 29.1 Å². The Bertz CT molecular complexity index is 1080. The van der Waals surface area contributed by atoms with E-state index in [0.29, 0.717) is 23.7 Å². The van der Waals surface area contributed by atoms with Crippen LogP contribution < -0.4 is 15.8 Å². The molecule has 3 rings (SSSR count). The van der Waals surface area contributed by atoms with Gasteiger partial charge in [-0.25, -0.2) is 9.78 Å². The first-order valence-electron chi connectivity index (χ1n) is 10.3. The molecule has 2 aromatic heterocycles. The first-order valence-corrected chi connectivity index (χ1v) is 11.1. The van der Waals surface area contributed by atoms with Crippen LogP contribution in [0.3, 0.4) is 0 Å². The number of carboxylic acid groups (broad SMARTS) is 2. The Kier molecular flexibility index (Phi) is 7.29. The number of thiophene rings is 1. The maximum atomic E-state index is 12.5. The van der Waals surface area contributed by atoms with Gasteiger partial charge < -0.3 is 25.4 Å². The molecule has 0 spiro atoms. The predicted octanol–water partition coefficient (Wildman–Crippen LogP) is 1.43. The number of nitrogens with zero attached hydrogens (tertiary/aromatic N) is 2. The molecule has 2 aromatic rings. The van der Waals surface area contributed by atoms with Crippen LogP contribution in [0.1, 0.15) is 46.0 Å². The molecule has 1 unspecified atom stereocenters. The Morgan fingerprint density at radius 1 is 1.34 bits per heavy atom. The minimum atomic E-state index is -1.27. The van der Waals surface area contributed by atoms with Crippen LogP contribution in [0.4, 0.5) is 5.00 Å². The molecule has 32 heavy (non-hydrogen) atoms. The van der Waals surface area contributed by atoms with E-state index in [2.05, 4.69) is 15.3 Å². The molecule has 0 bridgehead atoms. The van der Waals surface area contributed by atoms with E-state index in [-0.39, 0.29) is 24.3 Å². The van der Waals surface area contributed by atoms with Crippen LogP contribution in [0.25, 0.3) is 0 Å². The first-order chi connectivity index (χ1) is 15.1. The third-order valence-electron chi connectivity index (χ3n) is 5.48. The fourth-order valence-electron chi connectivity index (χ4n) is 3.86. The van der Waals surface area contributed by atoms with Crippen LogP contribution in [0.15, 0.2) is 16.9 Å². The summed E-state index contributed by atoms with van der Waals surface area (Å²) in [5.74, 6) is -2.05. The molecule has 0 saturated carbocycles. The quantitative estimate of drug-likeness (QED) is 0.437. The topological polar surface area (TPSA) is 153 Å². The number of nitrogens with one attached hydrogen (secondary N) is 2. The van der Waals surface area contributed by atoms with Crippen molar-refractivity contribution in [1.29, 1.82) is 0 Å². The second kappa shape index (κ2) is 9.94. The van der Waals surface area contributed by atoms with E-state index >= 15 is 0 Å². The molecule has 0 fully saturated rings. The molecule has 172 valence electrons. The number of carbonyl (C=O) groups is 3. The summed E-state index contributed by atoms with van der Waals surface area (Å²) in [6, 6.07) is 2.15. The summed E-state index contributed by atoms with van der Waals surface area (Å²) in [6.07, 6.45) is 1.77. The van der Waals surface area contributed by atoms with Gasteiger partial charge in [-0.2, -0.15) is 0 Å². The average molecular weight is 463 g/mol. The summed E-state index contributed by atoms with van der Waals surface area (Å²) >= 11 is 1.23. The fourth-order valence-corrected chi connectivity index (χ4v) is 4.74. The Hall–Kier alpha value is -3.21. The standard InChI is InChI=1S/C21H26N4O6S/c1-11-22-14-4-3-12(9-13(14)19(28)23-11)10-25(2)17-7-6-16(32-17)20(29)24-15(21(30)31)5-8-18(26)27/h6-7,12,15H,3-5,8-10H2,1-2H3,(H,24,29)(H,26,27)(H,30,31)(H,22,23,28)/t12?,15-/m0/s1. The Morgan fingerprint density at radius 2 is 2.09 bits per heavy atom. The second-order valence-electron chi connectivity index (χ2n) is 8.00. The lowest BCUT2D eigenvalue weighted by atomic mass is 9.87. The molecule has 0 saturated heterocycles. The van der Waals surface area contributed by atoms with Gasteiger partial charge in [-0.1, -0.05) is 0 Å². The number of fused-ring (bicyclic) bond motifs is 1. The summed E-state index contributed by atoms with van der Waals surface area (Å²) in [4.78, 5) is 56.3. The molecule has 0 aliphatic heterocycles. The monoisotopic (exact) mass is 462 g/mol. The van der Waals surface area contributed by atoms with Crippen molar-refractivity contribution in [2.24, 2.45) is 5.92 Å². The zero-order valence-corrected chi connectivity index (χ0v) is 18.7.